The fourth-order valence-electron chi connectivity index (χ4n) is 3.78. The maximum Gasteiger partial charge on any atom is 0.251 e. The Morgan fingerprint density at radius 1 is 1.03 bits per heavy atom. The predicted octanol–water partition coefficient (Wildman–Crippen LogP) is 2.92. The van der Waals surface area contributed by atoms with Gasteiger partial charge in [-0.1, -0.05) is 18.9 Å². The number of rotatable bonds is 6. The normalized spacial score (nSPS) is 16.5. The molecule has 2 aromatic carbocycles. The fraction of sp³-hybridized carbons (Fsp3) is 0.409. The first-order chi connectivity index (χ1) is 15.0. The summed E-state index contributed by atoms with van der Waals surface area (Å²) in [4.78, 5) is 12.8. The third-order valence-electron chi connectivity index (χ3n) is 5.50. The first-order valence-corrected chi connectivity index (χ1v) is 11.8. The van der Waals surface area contributed by atoms with Gasteiger partial charge in [0, 0.05) is 25.2 Å². The largest absolute Gasteiger partial charge is 0.495 e. The zero-order valence-electron chi connectivity index (χ0n) is 17.4. The molecule has 8 nitrogen and oxygen atoms in total. The number of hydrogen-bond donors (Lipinski definition) is 1. The first-order valence-electron chi connectivity index (χ1n) is 10.3. The van der Waals surface area contributed by atoms with Crippen molar-refractivity contribution in [2.24, 2.45) is 0 Å². The topological polar surface area (TPSA) is 94.2 Å². The summed E-state index contributed by atoms with van der Waals surface area (Å²) in [6, 6.07) is 9.94. The van der Waals surface area contributed by atoms with Crippen LogP contribution in [0, 0.1) is 0 Å². The van der Waals surface area contributed by atoms with Gasteiger partial charge in [-0.25, -0.2) is 8.42 Å². The summed E-state index contributed by atoms with van der Waals surface area (Å²) >= 11 is 0. The highest BCUT2D eigenvalue weighted by molar-refractivity contribution is 7.89. The lowest BCUT2D eigenvalue weighted by Crippen LogP contribution is -2.32. The van der Waals surface area contributed by atoms with Crippen LogP contribution in [-0.2, 0) is 16.6 Å². The molecule has 2 aliphatic rings. The summed E-state index contributed by atoms with van der Waals surface area (Å²) in [5.41, 5.74) is 1.11. The third kappa shape index (κ3) is 4.62. The number of fused-ring (bicyclic) bond motifs is 1. The minimum atomic E-state index is -3.76. The molecular formula is C22H26N2O6S. The molecule has 31 heavy (non-hydrogen) atoms. The van der Waals surface area contributed by atoms with Gasteiger partial charge in [0.05, 0.1) is 7.11 Å². The SMILES string of the molecule is COc1ccc(C(=O)NCc2ccc3c(c2)OCO3)cc1S(=O)(=O)N1CCCCCC1. The van der Waals surface area contributed by atoms with Crippen LogP contribution >= 0.6 is 0 Å². The van der Waals surface area contributed by atoms with Crippen LogP contribution in [0.1, 0.15) is 41.6 Å². The first kappa shape index (κ1) is 21.5. The highest BCUT2D eigenvalue weighted by Crippen LogP contribution is 2.32. The van der Waals surface area contributed by atoms with Crippen molar-refractivity contribution < 1.29 is 27.4 Å². The second-order valence-corrected chi connectivity index (χ2v) is 9.46. The van der Waals surface area contributed by atoms with E-state index in [0.29, 0.717) is 24.6 Å². The zero-order valence-corrected chi connectivity index (χ0v) is 18.2. The lowest BCUT2D eigenvalue weighted by atomic mass is 10.1. The van der Waals surface area contributed by atoms with Crippen LogP contribution in [0.3, 0.4) is 0 Å². The van der Waals surface area contributed by atoms with Gasteiger partial charge in [0.15, 0.2) is 11.5 Å². The van der Waals surface area contributed by atoms with E-state index in [1.165, 1.54) is 23.5 Å². The van der Waals surface area contributed by atoms with Crippen molar-refractivity contribution in [2.75, 3.05) is 27.0 Å². The summed E-state index contributed by atoms with van der Waals surface area (Å²) < 4.78 is 44.0. The number of amides is 1. The van der Waals surface area contributed by atoms with Crippen molar-refractivity contribution >= 4 is 15.9 Å². The van der Waals surface area contributed by atoms with Gasteiger partial charge < -0.3 is 19.5 Å². The van der Waals surface area contributed by atoms with Crippen LogP contribution in [0.25, 0.3) is 0 Å². The van der Waals surface area contributed by atoms with Gasteiger partial charge in [-0.3, -0.25) is 4.79 Å². The molecule has 0 aromatic heterocycles. The molecule has 166 valence electrons. The minimum absolute atomic E-state index is 0.0210. The number of nitrogens with zero attached hydrogens (tertiary/aromatic N) is 1. The van der Waals surface area contributed by atoms with E-state index in [1.54, 1.807) is 12.1 Å². The average Bonchev–Trinajstić information content (AvgIpc) is 3.07. The number of methoxy groups -OCH3 is 1. The van der Waals surface area contributed by atoms with E-state index < -0.39 is 10.0 Å². The predicted molar refractivity (Wildman–Crippen MR) is 114 cm³/mol. The number of ether oxygens (including phenoxy) is 3. The molecule has 9 heteroatoms. The number of benzene rings is 2. The molecule has 0 unspecified atom stereocenters. The molecule has 4 rings (SSSR count). The van der Waals surface area contributed by atoms with Crippen molar-refractivity contribution in [3.8, 4) is 17.2 Å². The van der Waals surface area contributed by atoms with Gasteiger partial charge in [-0.05, 0) is 48.7 Å². The highest BCUT2D eigenvalue weighted by Gasteiger charge is 2.29. The molecule has 0 spiro atoms. The standard InChI is InChI=1S/C22H26N2O6S/c1-28-19-9-7-17(13-21(19)31(26,27)24-10-4-2-3-5-11-24)22(25)23-14-16-6-8-18-20(12-16)30-15-29-18/h6-9,12-13H,2-5,10-11,14-15H2,1H3,(H,23,25). The molecule has 2 aliphatic heterocycles. The Morgan fingerprint density at radius 2 is 1.77 bits per heavy atom. The molecule has 0 radical (unpaired) electrons. The Balaban J connectivity index is 1.52. The molecule has 1 fully saturated rings. The van der Waals surface area contributed by atoms with Crippen molar-refractivity contribution in [1.82, 2.24) is 9.62 Å². The Hall–Kier alpha value is -2.78. The summed E-state index contributed by atoms with van der Waals surface area (Å²) in [5, 5.41) is 2.83. The van der Waals surface area contributed by atoms with Crippen molar-refractivity contribution in [2.45, 2.75) is 37.1 Å². The fourth-order valence-corrected chi connectivity index (χ4v) is 5.47. The smallest absolute Gasteiger partial charge is 0.251 e. The molecular weight excluding hydrogens is 420 g/mol. The zero-order chi connectivity index (χ0) is 21.8. The van der Waals surface area contributed by atoms with Crippen LogP contribution in [0.4, 0.5) is 0 Å². The van der Waals surface area contributed by atoms with Crippen molar-refractivity contribution in [3.05, 3.63) is 47.5 Å². The van der Waals surface area contributed by atoms with Gasteiger partial charge >= 0.3 is 0 Å². The molecule has 0 bridgehead atoms. The van der Waals surface area contributed by atoms with Gasteiger partial charge in [-0.2, -0.15) is 4.31 Å². The van der Waals surface area contributed by atoms with Crippen LogP contribution < -0.4 is 19.5 Å². The van der Waals surface area contributed by atoms with E-state index in [2.05, 4.69) is 5.32 Å². The lowest BCUT2D eigenvalue weighted by molar-refractivity contribution is 0.0950. The molecule has 1 N–H and O–H groups in total. The van der Waals surface area contributed by atoms with Crippen LogP contribution in [0.15, 0.2) is 41.3 Å². The lowest BCUT2D eigenvalue weighted by Gasteiger charge is -2.21. The Bertz CT molecular complexity index is 1060. The second kappa shape index (κ2) is 9.15. The quantitative estimate of drug-likeness (QED) is 0.733. The van der Waals surface area contributed by atoms with E-state index in [1.807, 2.05) is 12.1 Å². The van der Waals surface area contributed by atoms with E-state index >= 15 is 0 Å². The molecule has 1 amide bonds. The number of hydrogen-bond acceptors (Lipinski definition) is 6. The molecule has 2 heterocycles. The Morgan fingerprint density at radius 3 is 2.52 bits per heavy atom. The maximum absolute atomic E-state index is 13.3. The molecule has 0 saturated carbocycles. The molecule has 0 aliphatic carbocycles. The van der Waals surface area contributed by atoms with E-state index in [9.17, 15) is 13.2 Å². The van der Waals surface area contributed by atoms with E-state index in [-0.39, 0.29) is 35.5 Å². The number of nitrogens with one attached hydrogen (secondary N) is 1. The number of carbonyl (C=O) groups excluding carboxylic acids is 1. The summed E-state index contributed by atoms with van der Waals surface area (Å²) in [6.45, 7) is 1.42. The second-order valence-electron chi connectivity index (χ2n) is 7.55. The summed E-state index contributed by atoms with van der Waals surface area (Å²) in [7, 11) is -2.33. The van der Waals surface area contributed by atoms with Crippen LogP contribution in [0.5, 0.6) is 17.2 Å². The Labute approximate surface area is 182 Å². The van der Waals surface area contributed by atoms with Crippen molar-refractivity contribution in [1.29, 1.82) is 0 Å². The highest BCUT2D eigenvalue weighted by atomic mass is 32.2. The van der Waals surface area contributed by atoms with E-state index in [0.717, 1.165) is 31.2 Å². The summed E-state index contributed by atoms with van der Waals surface area (Å²) in [6.07, 6.45) is 3.70. The Kier molecular flexibility index (Phi) is 6.33. The molecule has 0 atom stereocenters. The number of carbonyl (C=O) groups is 1. The monoisotopic (exact) mass is 446 g/mol. The molecule has 1 saturated heterocycles. The van der Waals surface area contributed by atoms with Crippen LogP contribution in [0.2, 0.25) is 0 Å². The van der Waals surface area contributed by atoms with Gasteiger partial charge in [0.2, 0.25) is 16.8 Å². The van der Waals surface area contributed by atoms with Crippen molar-refractivity contribution in [3.63, 3.8) is 0 Å². The van der Waals surface area contributed by atoms with E-state index in [4.69, 9.17) is 14.2 Å². The average molecular weight is 447 g/mol. The summed E-state index contributed by atoms with van der Waals surface area (Å²) in [5.74, 6) is 1.18. The molecule has 2 aromatic rings. The van der Waals surface area contributed by atoms with Gasteiger partial charge in [-0.15, -0.1) is 0 Å². The maximum atomic E-state index is 13.3. The van der Waals surface area contributed by atoms with Gasteiger partial charge in [0.25, 0.3) is 5.91 Å². The third-order valence-corrected chi connectivity index (χ3v) is 7.42. The minimum Gasteiger partial charge on any atom is -0.495 e. The number of sulfonamides is 1. The van der Waals surface area contributed by atoms with Gasteiger partial charge in [0.1, 0.15) is 10.6 Å². The van der Waals surface area contributed by atoms with Crippen LogP contribution in [-0.4, -0.2) is 45.6 Å².